The average Bonchev–Trinajstić information content (AvgIpc) is 2.86. The molecule has 12 heteroatoms. The van der Waals surface area contributed by atoms with Crippen LogP contribution in [0.4, 0.5) is 10.6 Å². The molecule has 1 aliphatic heterocycles. The van der Waals surface area contributed by atoms with Crippen molar-refractivity contribution in [2.45, 2.75) is 85.3 Å². The van der Waals surface area contributed by atoms with Gasteiger partial charge >= 0.3 is 12.1 Å². The lowest BCUT2D eigenvalue weighted by atomic mass is 9.92. The zero-order chi connectivity index (χ0) is 31.1. The topological polar surface area (TPSA) is 131 Å². The van der Waals surface area contributed by atoms with Crippen LogP contribution in [0.1, 0.15) is 84.4 Å². The lowest BCUT2D eigenvalue weighted by molar-refractivity contribution is -0.148. The fourth-order valence-electron chi connectivity index (χ4n) is 4.57. The molecule has 0 radical (unpaired) electrons. The number of carbonyl (C=O) groups is 3. The minimum Gasteiger partial charge on any atom is -0.469 e. The third-order valence-corrected chi connectivity index (χ3v) is 7.33. The van der Waals surface area contributed by atoms with Crippen LogP contribution < -0.4 is 5.32 Å². The standard InChI is InChI=1S/C29H49N5O6S/c1-19(2)16-34(21-14-20(25(36)39-9)17-33(18-21)27(37)40-29(6,7)8)24(35)22-15-31-26(28(3,4)5)32-23(22)30-12-11-13-41(10)38/h15,19-21H,11-14,16-18H2,1-10H3,(H,30,31,32)/t20-,21+,41?/m1/s1. The van der Waals surface area contributed by atoms with Gasteiger partial charge in [-0.3, -0.25) is 13.8 Å². The van der Waals surface area contributed by atoms with Crippen LogP contribution in [0, 0.1) is 11.8 Å². The molecule has 1 aromatic heterocycles. The second-order valence-electron chi connectivity index (χ2n) is 13.1. The van der Waals surface area contributed by atoms with Gasteiger partial charge in [0, 0.05) is 60.6 Å². The van der Waals surface area contributed by atoms with Crippen molar-refractivity contribution in [3.63, 3.8) is 0 Å². The number of hydrogen-bond acceptors (Lipinski definition) is 9. The summed E-state index contributed by atoms with van der Waals surface area (Å²) in [5, 5.41) is 3.27. The summed E-state index contributed by atoms with van der Waals surface area (Å²) in [5.41, 5.74) is -0.749. The predicted molar refractivity (Wildman–Crippen MR) is 160 cm³/mol. The van der Waals surface area contributed by atoms with Gasteiger partial charge in [-0.05, 0) is 39.5 Å². The molecule has 3 atom stereocenters. The number of esters is 1. The molecule has 232 valence electrons. The number of methoxy groups -OCH3 is 1. The number of likely N-dealkylation sites (tertiary alicyclic amines) is 1. The number of nitrogens with one attached hydrogen (secondary N) is 1. The lowest BCUT2D eigenvalue weighted by Crippen LogP contribution is -2.57. The number of rotatable bonds is 10. The minimum atomic E-state index is -0.924. The molecule has 1 saturated heterocycles. The predicted octanol–water partition coefficient (Wildman–Crippen LogP) is 3.85. The molecule has 0 aromatic carbocycles. The van der Waals surface area contributed by atoms with E-state index >= 15 is 0 Å². The molecular weight excluding hydrogens is 546 g/mol. The Kier molecular flexibility index (Phi) is 12.1. The number of ether oxygens (including phenoxy) is 2. The molecule has 2 heterocycles. The number of piperidine rings is 1. The van der Waals surface area contributed by atoms with Crippen molar-refractivity contribution in [1.82, 2.24) is 19.8 Å². The van der Waals surface area contributed by atoms with Gasteiger partial charge in [0.25, 0.3) is 5.91 Å². The number of nitrogens with zero attached hydrogens (tertiary/aromatic N) is 4. The Bertz CT molecular complexity index is 1100. The second-order valence-corrected chi connectivity index (χ2v) is 14.7. The first-order valence-corrected chi connectivity index (χ1v) is 15.9. The van der Waals surface area contributed by atoms with Crippen LogP contribution in [-0.4, -0.2) is 98.9 Å². The van der Waals surface area contributed by atoms with E-state index in [9.17, 15) is 18.6 Å². The molecule has 1 fully saturated rings. The molecule has 2 amide bonds. The van der Waals surface area contributed by atoms with E-state index in [1.165, 1.54) is 12.0 Å². The first-order valence-electron chi connectivity index (χ1n) is 14.2. The van der Waals surface area contributed by atoms with E-state index < -0.39 is 40.4 Å². The third kappa shape index (κ3) is 10.5. The lowest BCUT2D eigenvalue weighted by Gasteiger charge is -2.42. The molecule has 0 aliphatic carbocycles. The molecule has 1 aromatic rings. The molecule has 1 aliphatic rings. The molecule has 0 spiro atoms. The van der Waals surface area contributed by atoms with E-state index in [-0.39, 0.29) is 30.3 Å². The number of anilines is 1. The van der Waals surface area contributed by atoms with Gasteiger partial charge in [0.05, 0.1) is 19.1 Å². The Morgan fingerprint density at radius 3 is 2.37 bits per heavy atom. The van der Waals surface area contributed by atoms with E-state index in [0.717, 1.165) is 0 Å². The van der Waals surface area contributed by atoms with Crippen molar-refractivity contribution < 1.29 is 28.1 Å². The summed E-state index contributed by atoms with van der Waals surface area (Å²) in [4.78, 5) is 52.5. The SMILES string of the molecule is COC(=O)[C@@H]1C[C@H](N(CC(C)C)C(=O)c2cnc(C(C)(C)C)nc2NCCCS(C)=O)CN(C(=O)OC(C)(C)C)C1. The maximum atomic E-state index is 14.3. The zero-order valence-corrected chi connectivity index (χ0v) is 27.2. The molecule has 0 saturated carbocycles. The summed E-state index contributed by atoms with van der Waals surface area (Å²) < 4.78 is 22.2. The van der Waals surface area contributed by atoms with Crippen molar-refractivity contribution >= 4 is 34.6 Å². The van der Waals surface area contributed by atoms with Crippen LogP contribution in [0.2, 0.25) is 0 Å². The summed E-state index contributed by atoms with van der Waals surface area (Å²) in [6, 6.07) is -0.465. The summed E-state index contributed by atoms with van der Waals surface area (Å²) >= 11 is 0. The van der Waals surface area contributed by atoms with Gasteiger partial charge in [-0.25, -0.2) is 14.8 Å². The van der Waals surface area contributed by atoms with Crippen molar-refractivity contribution in [2.24, 2.45) is 11.8 Å². The largest absolute Gasteiger partial charge is 0.469 e. The Morgan fingerprint density at radius 1 is 1.17 bits per heavy atom. The van der Waals surface area contributed by atoms with E-state index in [0.29, 0.717) is 48.9 Å². The van der Waals surface area contributed by atoms with E-state index in [1.54, 1.807) is 38.1 Å². The smallest absolute Gasteiger partial charge is 0.410 e. The molecular formula is C29H49N5O6S. The van der Waals surface area contributed by atoms with Crippen LogP contribution in [0.15, 0.2) is 6.20 Å². The first-order chi connectivity index (χ1) is 18.9. The molecule has 0 bridgehead atoms. The van der Waals surface area contributed by atoms with Crippen molar-refractivity contribution in [3.8, 4) is 0 Å². The highest BCUT2D eigenvalue weighted by Gasteiger charge is 2.40. The zero-order valence-electron chi connectivity index (χ0n) is 26.4. The van der Waals surface area contributed by atoms with Crippen LogP contribution in [-0.2, 0) is 30.5 Å². The third-order valence-electron chi connectivity index (χ3n) is 6.47. The van der Waals surface area contributed by atoms with Gasteiger partial charge < -0.3 is 24.6 Å². The minimum absolute atomic E-state index is 0.109. The highest BCUT2D eigenvalue weighted by Crippen LogP contribution is 2.28. The first kappa shape index (κ1) is 34.4. The van der Waals surface area contributed by atoms with Crippen molar-refractivity contribution in [3.05, 3.63) is 17.6 Å². The monoisotopic (exact) mass is 595 g/mol. The summed E-state index contributed by atoms with van der Waals surface area (Å²) in [6.07, 6.45) is 3.66. The Morgan fingerprint density at radius 2 is 1.83 bits per heavy atom. The van der Waals surface area contributed by atoms with Gasteiger partial charge in [-0.15, -0.1) is 0 Å². The fraction of sp³-hybridized carbons (Fsp3) is 0.759. The molecule has 1 unspecified atom stereocenters. The Labute approximate surface area is 247 Å². The Hall–Kier alpha value is -2.76. The van der Waals surface area contributed by atoms with Crippen LogP contribution >= 0.6 is 0 Å². The van der Waals surface area contributed by atoms with E-state index in [1.807, 2.05) is 34.6 Å². The fourth-order valence-corrected chi connectivity index (χ4v) is 5.12. The van der Waals surface area contributed by atoms with Crippen LogP contribution in [0.5, 0.6) is 0 Å². The van der Waals surface area contributed by atoms with Crippen LogP contribution in [0.3, 0.4) is 0 Å². The van der Waals surface area contributed by atoms with Gasteiger partial charge in [-0.1, -0.05) is 34.6 Å². The highest BCUT2D eigenvalue weighted by atomic mass is 32.2. The average molecular weight is 596 g/mol. The van der Waals surface area contributed by atoms with Crippen molar-refractivity contribution in [1.29, 1.82) is 0 Å². The van der Waals surface area contributed by atoms with Crippen molar-refractivity contribution in [2.75, 3.05) is 50.6 Å². The summed E-state index contributed by atoms with van der Waals surface area (Å²) in [7, 11) is 0.396. The van der Waals surface area contributed by atoms with Gasteiger partial charge in [-0.2, -0.15) is 0 Å². The number of aromatic nitrogens is 2. The normalized spacial score (nSPS) is 18.6. The maximum absolute atomic E-state index is 14.3. The molecule has 2 rings (SSSR count). The molecule has 41 heavy (non-hydrogen) atoms. The van der Waals surface area contributed by atoms with E-state index in [4.69, 9.17) is 14.5 Å². The summed E-state index contributed by atoms with van der Waals surface area (Å²) in [5.74, 6) is 0.304. The molecule has 11 nitrogen and oxygen atoms in total. The highest BCUT2D eigenvalue weighted by molar-refractivity contribution is 7.84. The van der Waals surface area contributed by atoms with Gasteiger partial charge in [0.1, 0.15) is 22.8 Å². The summed E-state index contributed by atoms with van der Waals surface area (Å²) in [6.45, 7) is 16.6. The number of hydrogen-bond donors (Lipinski definition) is 1. The van der Waals surface area contributed by atoms with E-state index in [2.05, 4.69) is 10.3 Å². The Balaban J connectivity index is 2.49. The van der Waals surface area contributed by atoms with Gasteiger partial charge in [0.2, 0.25) is 0 Å². The second kappa shape index (κ2) is 14.4. The maximum Gasteiger partial charge on any atom is 0.410 e. The number of carbonyl (C=O) groups excluding carboxylic acids is 3. The number of amides is 2. The molecule has 1 N–H and O–H groups in total. The van der Waals surface area contributed by atoms with Gasteiger partial charge in [0.15, 0.2) is 0 Å². The quantitative estimate of drug-likeness (QED) is 0.316. The van der Waals surface area contributed by atoms with Crippen LogP contribution in [0.25, 0.3) is 0 Å².